The Hall–Kier alpha value is -1.98. The maximum Gasteiger partial charge on any atom is 0.227 e. The minimum absolute atomic E-state index is 0.325. The quantitative estimate of drug-likeness (QED) is 0.765. The summed E-state index contributed by atoms with van der Waals surface area (Å²) in [5.74, 6) is 0.631. The highest BCUT2D eigenvalue weighted by Crippen LogP contribution is 2.33. The van der Waals surface area contributed by atoms with Gasteiger partial charge < -0.3 is 10.5 Å². The van der Waals surface area contributed by atoms with E-state index in [-0.39, 0.29) is 5.82 Å². The van der Waals surface area contributed by atoms with Crippen LogP contribution in [-0.4, -0.2) is 4.98 Å². The summed E-state index contributed by atoms with van der Waals surface area (Å²) < 4.78 is 19.5. The molecule has 0 amide bonds. The Morgan fingerprint density at radius 3 is 2.71 bits per heavy atom. The molecule has 0 saturated heterocycles. The van der Waals surface area contributed by atoms with Crippen molar-refractivity contribution >= 4 is 26.7 Å². The van der Waals surface area contributed by atoms with Crippen LogP contribution in [0.4, 0.5) is 4.39 Å². The fourth-order valence-electron chi connectivity index (χ4n) is 2.06. The molecule has 106 valence electrons. The summed E-state index contributed by atoms with van der Waals surface area (Å²) in [6, 6.07) is 13.9. The van der Waals surface area contributed by atoms with Crippen LogP contribution in [-0.2, 0) is 6.54 Å². The number of fused-ring (bicyclic) bond motifs is 1. The van der Waals surface area contributed by atoms with Gasteiger partial charge in [-0.15, -0.1) is 0 Å². The lowest BCUT2D eigenvalue weighted by Crippen LogP contribution is -2.01. The zero-order chi connectivity index (χ0) is 14.8. The van der Waals surface area contributed by atoms with E-state index in [0.717, 1.165) is 16.5 Å². The number of benzene rings is 2. The molecule has 3 nitrogen and oxygen atoms in total. The number of nitrogens with two attached hydrogens (primary N) is 1. The molecule has 0 saturated carbocycles. The number of hydrogen-bond donors (Lipinski definition) is 1. The highest BCUT2D eigenvalue weighted by Gasteiger charge is 2.10. The molecule has 3 aromatic rings. The summed E-state index contributed by atoms with van der Waals surface area (Å²) in [4.78, 5) is 4.42. The van der Waals surface area contributed by atoms with Crippen LogP contribution in [0.2, 0.25) is 0 Å². The number of pyridine rings is 1. The van der Waals surface area contributed by atoms with Crippen LogP contribution in [0.1, 0.15) is 5.69 Å². The highest BCUT2D eigenvalue weighted by molar-refractivity contribution is 9.10. The van der Waals surface area contributed by atoms with Gasteiger partial charge in [-0.25, -0.2) is 9.37 Å². The summed E-state index contributed by atoms with van der Waals surface area (Å²) >= 11 is 3.29. The monoisotopic (exact) mass is 346 g/mol. The van der Waals surface area contributed by atoms with Gasteiger partial charge in [0.15, 0.2) is 0 Å². The number of rotatable bonds is 3. The molecular formula is C16H12BrFN2O. The summed E-state index contributed by atoms with van der Waals surface area (Å²) in [5.41, 5.74) is 6.41. The summed E-state index contributed by atoms with van der Waals surface area (Å²) in [6.07, 6.45) is 0. The molecule has 1 heterocycles. The SMILES string of the molecule is NCc1cc2ccccc2c(Oc2ccc(F)cc2Br)n1. The fourth-order valence-corrected chi connectivity index (χ4v) is 2.50. The number of halogens is 2. The Morgan fingerprint density at radius 1 is 1.14 bits per heavy atom. The molecule has 5 heteroatoms. The highest BCUT2D eigenvalue weighted by atomic mass is 79.9. The van der Waals surface area contributed by atoms with E-state index in [0.29, 0.717) is 22.6 Å². The van der Waals surface area contributed by atoms with Crippen molar-refractivity contribution in [2.75, 3.05) is 0 Å². The first-order chi connectivity index (χ1) is 10.2. The van der Waals surface area contributed by atoms with Crippen molar-refractivity contribution in [3.8, 4) is 11.6 Å². The van der Waals surface area contributed by atoms with Crippen molar-refractivity contribution in [3.05, 3.63) is 64.5 Å². The minimum Gasteiger partial charge on any atom is -0.437 e. The molecule has 0 aliphatic heterocycles. The number of aromatic nitrogens is 1. The van der Waals surface area contributed by atoms with Crippen molar-refractivity contribution in [1.82, 2.24) is 4.98 Å². The van der Waals surface area contributed by atoms with Crippen LogP contribution in [0.3, 0.4) is 0 Å². The third kappa shape index (κ3) is 2.89. The molecule has 0 spiro atoms. The standard InChI is InChI=1S/C16H12BrFN2O/c17-14-8-11(18)5-6-15(14)21-16-13-4-2-1-3-10(13)7-12(9-19)20-16/h1-8H,9,19H2. The van der Waals surface area contributed by atoms with Crippen LogP contribution in [0.25, 0.3) is 10.8 Å². The molecule has 2 N–H and O–H groups in total. The fraction of sp³-hybridized carbons (Fsp3) is 0.0625. The van der Waals surface area contributed by atoms with Crippen molar-refractivity contribution < 1.29 is 9.13 Å². The topological polar surface area (TPSA) is 48.1 Å². The van der Waals surface area contributed by atoms with E-state index in [9.17, 15) is 4.39 Å². The average Bonchev–Trinajstić information content (AvgIpc) is 2.49. The van der Waals surface area contributed by atoms with Crippen LogP contribution in [0.15, 0.2) is 53.0 Å². The lowest BCUT2D eigenvalue weighted by molar-refractivity contribution is 0.462. The molecule has 21 heavy (non-hydrogen) atoms. The Bertz CT molecular complexity index is 807. The molecule has 0 unspecified atom stereocenters. The van der Waals surface area contributed by atoms with E-state index in [1.165, 1.54) is 12.1 Å². The van der Waals surface area contributed by atoms with Gasteiger partial charge in [-0.05, 0) is 51.6 Å². The largest absolute Gasteiger partial charge is 0.437 e. The molecule has 2 aromatic carbocycles. The summed E-state index contributed by atoms with van der Waals surface area (Å²) in [5, 5.41) is 1.88. The van der Waals surface area contributed by atoms with E-state index in [4.69, 9.17) is 10.5 Å². The molecule has 0 aliphatic carbocycles. The second-order valence-corrected chi connectivity index (χ2v) is 5.38. The summed E-state index contributed by atoms with van der Waals surface area (Å²) in [7, 11) is 0. The van der Waals surface area contributed by atoms with Crippen molar-refractivity contribution in [2.45, 2.75) is 6.54 Å². The molecular weight excluding hydrogens is 335 g/mol. The first-order valence-electron chi connectivity index (χ1n) is 6.39. The van der Waals surface area contributed by atoms with E-state index >= 15 is 0 Å². The third-order valence-electron chi connectivity index (χ3n) is 3.07. The van der Waals surface area contributed by atoms with Crippen molar-refractivity contribution in [3.63, 3.8) is 0 Å². The van der Waals surface area contributed by atoms with Crippen LogP contribution in [0.5, 0.6) is 11.6 Å². The van der Waals surface area contributed by atoms with E-state index in [2.05, 4.69) is 20.9 Å². The summed E-state index contributed by atoms with van der Waals surface area (Å²) in [6.45, 7) is 0.325. The predicted octanol–water partition coefficient (Wildman–Crippen LogP) is 4.39. The zero-order valence-electron chi connectivity index (χ0n) is 11.0. The van der Waals surface area contributed by atoms with Gasteiger partial charge in [-0.1, -0.05) is 18.2 Å². The average molecular weight is 347 g/mol. The van der Waals surface area contributed by atoms with E-state index in [1.807, 2.05) is 30.3 Å². The molecule has 3 rings (SSSR count). The first kappa shape index (κ1) is 14.0. The second kappa shape index (κ2) is 5.79. The van der Waals surface area contributed by atoms with E-state index < -0.39 is 0 Å². The molecule has 0 radical (unpaired) electrons. The maximum absolute atomic E-state index is 13.1. The smallest absolute Gasteiger partial charge is 0.227 e. The normalized spacial score (nSPS) is 10.8. The van der Waals surface area contributed by atoms with Gasteiger partial charge in [0.1, 0.15) is 11.6 Å². The van der Waals surface area contributed by atoms with Crippen LogP contribution >= 0.6 is 15.9 Å². The van der Waals surface area contributed by atoms with Gasteiger partial charge in [0, 0.05) is 11.9 Å². The number of nitrogens with zero attached hydrogens (tertiary/aromatic N) is 1. The van der Waals surface area contributed by atoms with Gasteiger partial charge in [-0.3, -0.25) is 0 Å². The molecule has 0 bridgehead atoms. The lowest BCUT2D eigenvalue weighted by atomic mass is 10.1. The third-order valence-corrected chi connectivity index (χ3v) is 3.69. The zero-order valence-corrected chi connectivity index (χ0v) is 12.6. The van der Waals surface area contributed by atoms with E-state index in [1.54, 1.807) is 6.07 Å². The van der Waals surface area contributed by atoms with Gasteiger partial charge in [0.05, 0.1) is 10.2 Å². The molecule has 0 atom stereocenters. The Balaban J connectivity index is 2.10. The molecule has 1 aromatic heterocycles. The van der Waals surface area contributed by atoms with Gasteiger partial charge in [-0.2, -0.15) is 0 Å². The van der Waals surface area contributed by atoms with Crippen LogP contribution in [0, 0.1) is 5.82 Å². The van der Waals surface area contributed by atoms with Crippen molar-refractivity contribution in [2.24, 2.45) is 5.73 Å². The number of ether oxygens (including phenoxy) is 1. The Morgan fingerprint density at radius 2 is 1.95 bits per heavy atom. The van der Waals surface area contributed by atoms with Gasteiger partial charge in [0.25, 0.3) is 0 Å². The Kier molecular flexibility index (Phi) is 3.86. The minimum atomic E-state index is -0.331. The predicted molar refractivity (Wildman–Crippen MR) is 83.8 cm³/mol. The van der Waals surface area contributed by atoms with Crippen molar-refractivity contribution in [1.29, 1.82) is 0 Å². The maximum atomic E-state index is 13.1. The van der Waals surface area contributed by atoms with Gasteiger partial charge in [0.2, 0.25) is 5.88 Å². The first-order valence-corrected chi connectivity index (χ1v) is 7.18. The second-order valence-electron chi connectivity index (χ2n) is 4.52. The number of hydrogen-bond acceptors (Lipinski definition) is 3. The molecule has 0 fully saturated rings. The van der Waals surface area contributed by atoms with Crippen LogP contribution < -0.4 is 10.5 Å². The Labute approximate surface area is 129 Å². The lowest BCUT2D eigenvalue weighted by Gasteiger charge is -2.11. The molecule has 0 aliphatic rings. The van der Waals surface area contributed by atoms with Gasteiger partial charge >= 0.3 is 0 Å².